The van der Waals surface area contributed by atoms with E-state index < -0.39 is 17.3 Å². The zero-order valence-corrected chi connectivity index (χ0v) is 8.39. The fourth-order valence-corrected chi connectivity index (χ4v) is 1.36. The van der Waals surface area contributed by atoms with Crippen molar-refractivity contribution in [2.24, 2.45) is 0 Å². The summed E-state index contributed by atoms with van der Waals surface area (Å²) >= 11 is 0. The Bertz CT molecular complexity index is 490. The van der Waals surface area contributed by atoms with E-state index in [4.69, 9.17) is 10.5 Å². The second kappa shape index (κ2) is 4.24. The summed E-state index contributed by atoms with van der Waals surface area (Å²) in [6, 6.07) is 5.38. The van der Waals surface area contributed by atoms with Gasteiger partial charge in [-0.2, -0.15) is 23.7 Å². The van der Waals surface area contributed by atoms with E-state index in [1.807, 2.05) is 6.07 Å². The summed E-state index contributed by atoms with van der Waals surface area (Å²) in [6.07, 6.45) is -4.54. The normalized spacial score (nSPS) is 10.6. The zero-order chi connectivity index (χ0) is 12.3. The van der Waals surface area contributed by atoms with Crippen LogP contribution in [-0.2, 0) is 12.6 Å². The molecule has 0 spiro atoms. The molecular formula is C11H7F3N2. The van der Waals surface area contributed by atoms with Crippen LogP contribution >= 0.6 is 0 Å². The van der Waals surface area contributed by atoms with Crippen LogP contribution in [0.3, 0.4) is 0 Å². The highest BCUT2D eigenvalue weighted by molar-refractivity contribution is 5.46. The van der Waals surface area contributed by atoms with E-state index in [1.165, 1.54) is 13.0 Å². The largest absolute Gasteiger partial charge is 0.417 e. The molecule has 0 atom stereocenters. The molecule has 0 aliphatic heterocycles. The highest BCUT2D eigenvalue weighted by Gasteiger charge is 2.34. The number of nitrogens with zero attached hydrogens (tertiary/aromatic N) is 2. The van der Waals surface area contributed by atoms with Gasteiger partial charge in [-0.3, -0.25) is 0 Å². The number of alkyl halides is 3. The van der Waals surface area contributed by atoms with E-state index in [0.29, 0.717) is 11.1 Å². The molecule has 0 aliphatic rings. The van der Waals surface area contributed by atoms with Gasteiger partial charge in [-0.1, -0.05) is 0 Å². The quantitative estimate of drug-likeness (QED) is 0.736. The van der Waals surface area contributed by atoms with Crippen LogP contribution < -0.4 is 0 Å². The second-order valence-corrected chi connectivity index (χ2v) is 3.27. The van der Waals surface area contributed by atoms with Crippen molar-refractivity contribution in [2.75, 3.05) is 0 Å². The molecule has 1 aromatic rings. The summed E-state index contributed by atoms with van der Waals surface area (Å²) in [4.78, 5) is 0. The highest BCUT2D eigenvalue weighted by atomic mass is 19.4. The molecule has 0 amide bonds. The molecule has 0 radical (unpaired) electrons. The molecule has 0 aliphatic carbocycles. The SMILES string of the molecule is Cc1cc(C(F)(F)F)c(C#N)cc1CC#N. The predicted molar refractivity (Wildman–Crippen MR) is 50.2 cm³/mol. The third-order valence-electron chi connectivity index (χ3n) is 2.17. The summed E-state index contributed by atoms with van der Waals surface area (Å²) in [5.41, 5.74) is -0.572. The Hall–Kier alpha value is -2.01. The molecular weight excluding hydrogens is 217 g/mol. The Kier molecular flexibility index (Phi) is 3.20. The lowest BCUT2D eigenvalue weighted by Gasteiger charge is -2.11. The van der Waals surface area contributed by atoms with Crippen molar-refractivity contribution in [2.45, 2.75) is 19.5 Å². The van der Waals surface area contributed by atoms with E-state index >= 15 is 0 Å². The number of rotatable bonds is 1. The Morgan fingerprint density at radius 3 is 2.31 bits per heavy atom. The summed E-state index contributed by atoms with van der Waals surface area (Å²) in [5.74, 6) is 0. The summed E-state index contributed by atoms with van der Waals surface area (Å²) in [7, 11) is 0. The fourth-order valence-electron chi connectivity index (χ4n) is 1.36. The van der Waals surface area contributed by atoms with Gasteiger partial charge in [0.25, 0.3) is 0 Å². The number of aryl methyl sites for hydroxylation is 1. The average molecular weight is 224 g/mol. The van der Waals surface area contributed by atoms with Crippen LogP contribution in [0.15, 0.2) is 12.1 Å². The third kappa shape index (κ3) is 2.32. The molecule has 1 rings (SSSR count). The minimum absolute atomic E-state index is 0.00134. The molecule has 2 nitrogen and oxygen atoms in total. The minimum Gasteiger partial charge on any atom is -0.198 e. The molecule has 0 saturated heterocycles. The Morgan fingerprint density at radius 1 is 1.25 bits per heavy atom. The molecule has 1 aromatic carbocycles. The molecule has 0 heterocycles. The molecule has 0 N–H and O–H groups in total. The van der Waals surface area contributed by atoms with Gasteiger partial charge in [0.15, 0.2) is 0 Å². The van der Waals surface area contributed by atoms with Crippen LogP contribution in [0.25, 0.3) is 0 Å². The molecule has 82 valence electrons. The van der Waals surface area contributed by atoms with E-state index in [9.17, 15) is 13.2 Å². The van der Waals surface area contributed by atoms with E-state index in [2.05, 4.69) is 0 Å². The first kappa shape index (κ1) is 12.1. The number of hydrogen-bond donors (Lipinski definition) is 0. The van der Waals surface area contributed by atoms with Crippen molar-refractivity contribution in [1.82, 2.24) is 0 Å². The van der Waals surface area contributed by atoms with Gasteiger partial charge in [-0.25, -0.2) is 0 Å². The fraction of sp³-hybridized carbons (Fsp3) is 0.273. The van der Waals surface area contributed by atoms with E-state index in [0.717, 1.165) is 12.1 Å². The molecule has 0 aromatic heterocycles. The van der Waals surface area contributed by atoms with Gasteiger partial charge in [0, 0.05) is 0 Å². The molecule has 16 heavy (non-hydrogen) atoms. The van der Waals surface area contributed by atoms with Gasteiger partial charge >= 0.3 is 6.18 Å². The van der Waals surface area contributed by atoms with Crippen LogP contribution in [0.4, 0.5) is 13.2 Å². The smallest absolute Gasteiger partial charge is 0.198 e. The maximum Gasteiger partial charge on any atom is 0.417 e. The minimum atomic E-state index is -4.54. The lowest BCUT2D eigenvalue weighted by Crippen LogP contribution is -2.09. The third-order valence-corrected chi connectivity index (χ3v) is 2.17. The summed E-state index contributed by atoms with van der Waals surface area (Å²) < 4.78 is 37.6. The van der Waals surface area contributed by atoms with Crippen molar-refractivity contribution in [3.63, 3.8) is 0 Å². The maximum absolute atomic E-state index is 12.5. The average Bonchev–Trinajstić information content (AvgIpc) is 2.19. The first-order chi connectivity index (χ1) is 7.40. The Labute approximate surface area is 90.5 Å². The predicted octanol–water partition coefficient (Wildman–Crippen LogP) is 2.95. The van der Waals surface area contributed by atoms with Crippen LogP contribution in [0.2, 0.25) is 0 Å². The number of benzene rings is 1. The number of nitriles is 2. The van der Waals surface area contributed by atoms with Crippen LogP contribution in [0, 0.1) is 29.6 Å². The van der Waals surface area contributed by atoms with Crippen molar-refractivity contribution >= 4 is 0 Å². The van der Waals surface area contributed by atoms with Gasteiger partial charge in [-0.05, 0) is 30.2 Å². The van der Waals surface area contributed by atoms with E-state index in [1.54, 1.807) is 0 Å². The molecule has 0 fully saturated rings. The lowest BCUT2D eigenvalue weighted by atomic mass is 9.98. The van der Waals surface area contributed by atoms with Gasteiger partial charge in [0.05, 0.1) is 29.7 Å². The van der Waals surface area contributed by atoms with Crippen LogP contribution in [-0.4, -0.2) is 0 Å². The maximum atomic E-state index is 12.5. The Morgan fingerprint density at radius 2 is 1.88 bits per heavy atom. The molecule has 0 bridgehead atoms. The second-order valence-electron chi connectivity index (χ2n) is 3.27. The number of halogens is 3. The van der Waals surface area contributed by atoms with Gasteiger partial charge in [-0.15, -0.1) is 0 Å². The standard InChI is InChI=1S/C11H7F3N2/c1-7-4-10(11(12,13)14)9(6-16)5-8(7)2-3-15/h4-5H,2H2,1H3. The lowest BCUT2D eigenvalue weighted by molar-refractivity contribution is -0.137. The van der Waals surface area contributed by atoms with Gasteiger partial charge in [0.1, 0.15) is 0 Å². The summed E-state index contributed by atoms with van der Waals surface area (Å²) in [6.45, 7) is 1.49. The Balaban J connectivity index is 3.41. The van der Waals surface area contributed by atoms with Crippen molar-refractivity contribution < 1.29 is 13.2 Å². The first-order valence-corrected chi connectivity index (χ1v) is 4.38. The number of hydrogen-bond acceptors (Lipinski definition) is 2. The van der Waals surface area contributed by atoms with Crippen LogP contribution in [0.1, 0.15) is 22.3 Å². The summed E-state index contributed by atoms with van der Waals surface area (Å²) in [5, 5.41) is 17.1. The highest BCUT2D eigenvalue weighted by Crippen LogP contribution is 2.33. The topological polar surface area (TPSA) is 47.6 Å². The first-order valence-electron chi connectivity index (χ1n) is 4.38. The van der Waals surface area contributed by atoms with Crippen molar-refractivity contribution in [3.8, 4) is 12.1 Å². The van der Waals surface area contributed by atoms with E-state index in [-0.39, 0.29) is 6.42 Å². The van der Waals surface area contributed by atoms with Crippen molar-refractivity contribution in [1.29, 1.82) is 10.5 Å². The monoisotopic (exact) mass is 224 g/mol. The van der Waals surface area contributed by atoms with Gasteiger partial charge < -0.3 is 0 Å². The molecule has 0 unspecified atom stereocenters. The van der Waals surface area contributed by atoms with Crippen LogP contribution in [0.5, 0.6) is 0 Å². The van der Waals surface area contributed by atoms with Crippen molar-refractivity contribution in [3.05, 3.63) is 34.4 Å². The molecule has 0 saturated carbocycles. The molecule has 5 heteroatoms. The van der Waals surface area contributed by atoms with Gasteiger partial charge in [0.2, 0.25) is 0 Å². The zero-order valence-electron chi connectivity index (χ0n) is 8.39.